The fourth-order valence-electron chi connectivity index (χ4n) is 2.48. The molecule has 116 valence electrons. The summed E-state index contributed by atoms with van der Waals surface area (Å²) in [6.45, 7) is 0.410. The molecule has 1 saturated carbocycles. The fraction of sp³-hybridized carbons (Fsp3) is 0.467. The van der Waals surface area contributed by atoms with Gasteiger partial charge in [0.1, 0.15) is 6.10 Å². The lowest BCUT2D eigenvalue weighted by atomic mass is 9.98. The lowest BCUT2D eigenvalue weighted by Crippen LogP contribution is -2.23. The summed E-state index contributed by atoms with van der Waals surface area (Å²) in [5.74, 6) is 0.432. The Balaban J connectivity index is 1.49. The fourth-order valence-corrected chi connectivity index (χ4v) is 2.91. The number of pyridine rings is 1. The minimum absolute atomic E-state index is 0.226. The van der Waals surface area contributed by atoms with Crippen LogP contribution in [0.4, 0.5) is 0 Å². The van der Waals surface area contributed by atoms with Gasteiger partial charge in [-0.05, 0) is 42.8 Å². The van der Waals surface area contributed by atoms with Crippen molar-refractivity contribution in [2.45, 2.75) is 44.8 Å². The van der Waals surface area contributed by atoms with Crippen LogP contribution in [0.25, 0.3) is 0 Å². The number of carbonyl (C=O) groups is 1. The summed E-state index contributed by atoms with van der Waals surface area (Å²) in [6.07, 6.45) is 8.03. The Morgan fingerprint density at radius 2 is 2.18 bits per heavy atom. The van der Waals surface area contributed by atoms with Crippen molar-refractivity contribution < 1.29 is 9.53 Å². The average molecular weight is 318 g/mol. The number of amides is 1. The molecular weight excluding hydrogens is 300 g/mol. The van der Waals surface area contributed by atoms with E-state index in [-0.39, 0.29) is 5.91 Å². The summed E-state index contributed by atoms with van der Waals surface area (Å²) in [4.78, 5) is 16.1. The Morgan fingerprint density at radius 1 is 1.32 bits per heavy atom. The maximum atomic E-state index is 11.8. The molecule has 1 N–H and O–H groups in total. The molecule has 0 radical (unpaired) electrons. The third-order valence-corrected chi connectivity index (χ3v) is 4.19. The van der Waals surface area contributed by atoms with Gasteiger partial charge in [-0.25, -0.2) is 4.98 Å². The first kappa shape index (κ1) is 14.9. The first-order chi connectivity index (χ1) is 10.8. The number of rotatable bonds is 5. The summed E-state index contributed by atoms with van der Waals surface area (Å²) in [6, 6.07) is 3.78. The summed E-state index contributed by atoms with van der Waals surface area (Å²) in [5, 5.41) is 8.13. The Kier molecular flexibility index (Phi) is 4.95. The Morgan fingerprint density at radius 3 is 2.86 bits per heavy atom. The number of carbonyl (C=O) groups excluding carboxylic acids is 1. The van der Waals surface area contributed by atoms with Crippen LogP contribution in [0.3, 0.4) is 0 Å². The molecule has 2 aromatic rings. The average Bonchev–Trinajstić information content (AvgIpc) is 3.09. The minimum Gasteiger partial charge on any atom is -0.474 e. The summed E-state index contributed by atoms with van der Waals surface area (Å²) in [5.41, 5.74) is 1.27. The minimum atomic E-state index is -0.226. The van der Waals surface area contributed by atoms with Gasteiger partial charge in [0.2, 0.25) is 5.88 Å². The Labute approximate surface area is 133 Å². The van der Waals surface area contributed by atoms with Crippen LogP contribution >= 0.6 is 11.5 Å². The van der Waals surface area contributed by atoms with Crippen molar-refractivity contribution in [1.29, 1.82) is 0 Å². The van der Waals surface area contributed by atoms with E-state index in [1.165, 1.54) is 19.3 Å². The molecule has 0 aliphatic heterocycles. The summed E-state index contributed by atoms with van der Waals surface area (Å²) < 4.78 is 9.55. The van der Waals surface area contributed by atoms with E-state index in [2.05, 4.69) is 19.9 Å². The standard InChI is InChI=1S/C15H18N4O2S/c20-15(13-10-22-19-18-13)17-9-11-6-7-14(16-8-11)21-12-4-2-1-3-5-12/h6-8,10,12H,1-5,9H2,(H,17,20). The molecule has 7 heteroatoms. The van der Waals surface area contributed by atoms with Gasteiger partial charge in [0.25, 0.3) is 5.91 Å². The molecular formula is C15H18N4O2S. The van der Waals surface area contributed by atoms with E-state index in [4.69, 9.17) is 4.74 Å². The second-order valence-corrected chi connectivity index (χ2v) is 5.97. The Bertz CT molecular complexity index is 595. The van der Waals surface area contributed by atoms with Gasteiger partial charge in [0.05, 0.1) is 0 Å². The van der Waals surface area contributed by atoms with Crippen LogP contribution in [0.2, 0.25) is 0 Å². The normalized spacial score (nSPS) is 15.5. The van der Waals surface area contributed by atoms with Crippen LogP contribution in [-0.2, 0) is 6.54 Å². The summed E-state index contributed by atoms with van der Waals surface area (Å²) >= 11 is 1.16. The maximum Gasteiger partial charge on any atom is 0.273 e. The van der Waals surface area contributed by atoms with E-state index >= 15 is 0 Å². The third-order valence-electron chi connectivity index (χ3n) is 3.68. The van der Waals surface area contributed by atoms with Gasteiger partial charge >= 0.3 is 0 Å². The van der Waals surface area contributed by atoms with Gasteiger partial charge in [0, 0.05) is 24.2 Å². The molecule has 22 heavy (non-hydrogen) atoms. The van der Waals surface area contributed by atoms with Gasteiger partial charge in [0.15, 0.2) is 5.69 Å². The molecule has 2 heterocycles. The molecule has 6 nitrogen and oxygen atoms in total. The van der Waals surface area contributed by atoms with Crippen molar-refractivity contribution in [1.82, 2.24) is 19.9 Å². The van der Waals surface area contributed by atoms with Crippen molar-refractivity contribution in [2.24, 2.45) is 0 Å². The molecule has 0 aromatic carbocycles. The number of hydrogen-bond donors (Lipinski definition) is 1. The third kappa shape index (κ3) is 4.00. The molecule has 0 spiro atoms. The van der Waals surface area contributed by atoms with Crippen molar-refractivity contribution in [3.8, 4) is 5.88 Å². The van der Waals surface area contributed by atoms with Gasteiger partial charge in [-0.15, -0.1) is 5.10 Å². The van der Waals surface area contributed by atoms with Crippen LogP contribution in [0, 0.1) is 0 Å². The number of hydrogen-bond acceptors (Lipinski definition) is 6. The first-order valence-corrected chi connectivity index (χ1v) is 8.32. The van der Waals surface area contributed by atoms with Crippen molar-refractivity contribution >= 4 is 17.4 Å². The highest BCUT2D eigenvalue weighted by atomic mass is 32.1. The smallest absolute Gasteiger partial charge is 0.273 e. The molecule has 0 unspecified atom stereocenters. The van der Waals surface area contributed by atoms with Crippen molar-refractivity contribution in [3.63, 3.8) is 0 Å². The molecule has 1 aliphatic rings. The quantitative estimate of drug-likeness (QED) is 0.917. The number of nitrogens with zero attached hydrogens (tertiary/aromatic N) is 3. The number of ether oxygens (including phenoxy) is 1. The topological polar surface area (TPSA) is 77.0 Å². The molecule has 1 amide bonds. The molecule has 3 rings (SSSR count). The van der Waals surface area contributed by atoms with E-state index in [9.17, 15) is 4.79 Å². The second-order valence-electron chi connectivity index (χ2n) is 5.36. The molecule has 0 atom stereocenters. The maximum absolute atomic E-state index is 11.8. The molecule has 1 aliphatic carbocycles. The largest absolute Gasteiger partial charge is 0.474 e. The van der Waals surface area contributed by atoms with E-state index < -0.39 is 0 Å². The van der Waals surface area contributed by atoms with E-state index in [1.54, 1.807) is 11.6 Å². The second kappa shape index (κ2) is 7.31. The van der Waals surface area contributed by atoms with Gasteiger partial charge in [-0.2, -0.15) is 0 Å². The lowest BCUT2D eigenvalue weighted by Gasteiger charge is -2.22. The number of nitrogens with one attached hydrogen (secondary N) is 1. The predicted molar refractivity (Wildman–Crippen MR) is 82.8 cm³/mol. The number of aromatic nitrogens is 3. The zero-order valence-corrected chi connectivity index (χ0v) is 13.0. The van der Waals surface area contributed by atoms with Crippen molar-refractivity contribution in [2.75, 3.05) is 0 Å². The molecule has 0 saturated heterocycles. The van der Waals surface area contributed by atoms with Crippen LogP contribution in [-0.4, -0.2) is 26.6 Å². The summed E-state index contributed by atoms with van der Waals surface area (Å²) in [7, 11) is 0. The predicted octanol–water partition coefficient (Wildman–Crippen LogP) is 2.57. The van der Waals surface area contributed by atoms with Crippen LogP contribution in [0.15, 0.2) is 23.7 Å². The monoisotopic (exact) mass is 318 g/mol. The molecule has 1 fully saturated rings. The zero-order valence-electron chi connectivity index (χ0n) is 12.2. The van der Waals surface area contributed by atoms with E-state index in [1.807, 2.05) is 12.1 Å². The van der Waals surface area contributed by atoms with Crippen LogP contribution in [0.1, 0.15) is 48.2 Å². The van der Waals surface area contributed by atoms with E-state index in [0.29, 0.717) is 24.2 Å². The van der Waals surface area contributed by atoms with Gasteiger partial charge < -0.3 is 10.1 Å². The Hall–Kier alpha value is -2.02. The van der Waals surface area contributed by atoms with Gasteiger partial charge in [-0.1, -0.05) is 17.0 Å². The highest BCUT2D eigenvalue weighted by molar-refractivity contribution is 7.03. The van der Waals surface area contributed by atoms with Crippen molar-refractivity contribution in [3.05, 3.63) is 35.0 Å². The van der Waals surface area contributed by atoms with E-state index in [0.717, 1.165) is 29.9 Å². The van der Waals surface area contributed by atoms with Crippen LogP contribution < -0.4 is 10.1 Å². The zero-order chi connectivity index (χ0) is 15.2. The lowest BCUT2D eigenvalue weighted by molar-refractivity contribution is 0.0946. The molecule has 0 bridgehead atoms. The van der Waals surface area contributed by atoms with Crippen LogP contribution in [0.5, 0.6) is 5.88 Å². The molecule has 2 aromatic heterocycles. The SMILES string of the molecule is O=C(NCc1ccc(OC2CCCCC2)nc1)c1csnn1. The highest BCUT2D eigenvalue weighted by Gasteiger charge is 2.15. The highest BCUT2D eigenvalue weighted by Crippen LogP contribution is 2.22. The van der Waals surface area contributed by atoms with Gasteiger partial charge in [-0.3, -0.25) is 4.79 Å². The first-order valence-electron chi connectivity index (χ1n) is 7.48.